The second kappa shape index (κ2) is 10.0. The van der Waals surface area contributed by atoms with Crippen LogP contribution in [0.1, 0.15) is 35.3 Å². The van der Waals surface area contributed by atoms with Gasteiger partial charge in [0.25, 0.3) is 5.91 Å². The molecule has 0 spiro atoms. The number of hydrazine groups is 1. The van der Waals surface area contributed by atoms with Crippen molar-refractivity contribution < 1.29 is 10.3 Å². The lowest BCUT2D eigenvalue weighted by Gasteiger charge is -2.26. The standard InChI is InChI=1S/C22H21Cl3N4O.H2O/c1-14-20(22(30)27-28-11-3-2-4-12-28)26-29(19-10-9-17(24)13-18(19)25)21(14)15-5-7-16(23)8-6-15;/h5-10,13H,2-4,11-12H2,1H3,(H,27,30);1H2. The van der Waals surface area contributed by atoms with Crippen LogP contribution in [-0.2, 0) is 0 Å². The van der Waals surface area contributed by atoms with E-state index in [-0.39, 0.29) is 11.4 Å². The van der Waals surface area contributed by atoms with E-state index in [0.29, 0.717) is 26.4 Å². The van der Waals surface area contributed by atoms with Gasteiger partial charge in [0.1, 0.15) is 0 Å². The normalized spacial score (nSPS) is 14.2. The molecular formula is C22H23Cl3N4O2. The predicted octanol–water partition coefficient (Wildman–Crippen LogP) is 5.11. The molecule has 9 heteroatoms. The summed E-state index contributed by atoms with van der Waals surface area (Å²) in [5.74, 6) is -0.228. The van der Waals surface area contributed by atoms with Gasteiger partial charge in [-0.05, 0) is 50.1 Å². The van der Waals surface area contributed by atoms with Gasteiger partial charge in [-0.25, -0.2) is 9.69 Å². The minimum Gasteiger partial charge on any atom is -0.412 e. The molecule has 2 aromatic carbocycles. The molecule has 1 saturated heterocycles. The minimum absolute atomic E-state index is 0. The molecule has 1 amide bonds. The van der Waals surface area contributed by atoms with E-state index in [9.17, 15) is 4.79 Å². The summed E-state index contributed by atoms with van der Waals surface area (Å²) in [6.45, 7) is 3.58. The lowest BCUT2D eigenvalue weighted by Crippen LogP contribution is -2.45. The number of nitrogens with one attached hydrogen (secondary N) is 1. The number of hydrogen-bond acceptors (Lipinski definition) is 3. The molecule has 3 aromatic rings. The number of carbonyl (C=O) groups is 1. The average molecular weight is 482 g/mol. The summed E-state index contributed by atoms with van der Waals surface area (Å²) in [7, 11) is 0. The lowest BCUT2D eigenvalue weighted by atomic mass is 10.1. The molecule has 1 aromatic heterocycles. The molecule has 0 atom stereocenters. The van der Waals surface area contributed by atoms with Crippen molar-refractivity contribution >= 4 is 40.7 Å². The molecule has 1 aliphatic rings. The second-order valence-corrected chi connectivity index (χ2v) is 8.61. The highest BCUT2D eigenvalue weighted by Crippen LogP contribution is 2.33. The summed E-state index contributed by atoms with van der Waals surface area (Å²) < 4.78 is 1.70. The fraction of sp³-hybridized carbons (Fsp3) is 0.273. The van der Waals surface area contributed by atoms with Gasteiger partial charge in [0.05, 0.1) is 16.4 Å². The molecule has 0 aliphatic carbocycles. The highest BCUT2D eigenvalue weighted by Gasteiger charge is 2.24. The van der Waals surface area contributed by atoms with Crippen LogP contribution < -0.4 is 5.43 Å². The Hall–Kier alpha value is -2.09. The fourth-order valence-corrected chi connectivity index (χ4v) is 4.30. The quantitative estimate of drug-likeness (QED) is 0.562. The van der Waals surface area contributed by atoms with Gasteiger partial charge in [0.15, 0.2) is 5.69 Å². The molecule has 6 nitrogen and oxygen atoms in total. The topological polar surface area (TPSA) is 81.7 Å². The van der Waals surface area contributed by atoms with E-state index in [1.807, 2.05) is 36.2 Å². The van der Waals surface area contributed by atoms with Crippen LogP contribution in [0.25, 0.3) is 16.9 Å². The molecule has 1 aliphatic heterocycles. The first-order valence-electron chi connectivity index (χ1n) is 9.81. The van der Waals surface area contributed by atoms with Gasteiger partial charge in [0, 0.05) is 34.3 Å². The predicted molar refractivity (Wildman–Crippen MR) is 125 cm³/mol. The van der Waals surface area contributed by atoms with Crippen LogP contribution in [-0.4, -0.2) is 39.3 Å². The van der Waals surface area contributed by atoms with Gasteiger partial charge in [-0.15, -0.1) is 0 Å². The Kier molecular flexibility index (Phi) is 7.62. The van der Waals surface area contributed by atoms with E-state index in [4.69, 9.17) is 34.8 Å². The van der Waals surface area contributed by atoms with E-state index in [0.717, 1.165) is 42.8 Å². The third-order valence-electron chi connectivity index (χ3n) is 5.21. The molecule has 31 heavy (non-hydrogen) atoms. The summed E-state index contributed by atoms with van der Waals surface area (Å²) in [5, 5.41) is 8.22. The van der Waals surface area contributed by atoms with Gasteiger partial charge in [-0.1, -0.05) is 53.4 Å². The molecule has 1 fully saturated rings. The van der Waals surface area contributed by atoms with Crippen molar-refractivity contribution in [1.29, 1.82) is 0 Å². The first-order valence-corrected chi connectivity index (χ1v) is 10.9. The van der Waals surface area contributed by atoms with Gasteiger partial charge in [-0.3, -0.25) is 10.2 Å². The molecule has 0 bridgehead atoms. The highest BCUT2D eigenvalue weighted by molar-refractivity contribution is 6.35. The Morgan fingerprint density at radius 3 is 2.26 bits per heavy atom. The fourth-order valence-electron chi connectivity index (χ4n) is 3.69. The first-order chi connectivity index (χ1) is 14.4. The van der Waals surface area contributed by atoms with Crippen molar-refractivity contribution in [2.45, 2.75) is 26.2 Å². The summed E-state index contributed by atoms with van der Waals surface area (Å²) in [6.07, 6.45) is 3.34. The summed E-state index contributed by atoms with van der Waals surface area (Å²) in [4.78, 5) is 13.1. The zero-order valence-electron chi connectivity index (χ0n) is 17.0. The van der Waals surface area contributed by atoms with Crippen LogP contribution in [0.15, 0.2) is 42.5 Å². The number of benzene rings is 2. The smallest absolute Gasteiger partial charge is 0.286 e. The number of rotatable bonds is 4. The van der Waals surface area contributed by atoms with Crippen LogP contribution in [0.4, 0.5) is 0 Å². The van der Waals surface area contributed by atoms with E-state index >= 15 is 0 Å². The van der Waals surface area contributed by atoms with Gasteiger partial charge >= 0.3 is 0 Å². The van der Waals surface area contributed by atoms with Crippen LogP contribution in [0, 0.1) is 6.92 Å². The molecule has 2 heterocycles. The van der Waals surface area contributed by atoms with Crippen LogP contribution in [0.2, 0.25) is 15.1 Å². The van der Waals surface area contributed by atoms with Crippen molar-refractivity contribution in [2.75, 3.05) is 13.1 Å². The minimum atomic E-state index is -0.228. The molecule has 0 radical (unpaired) electrons. The second-order valence-electron chi connectivity index (χ2n) is 7.33. The molecule has 3 N–H and O–H groups in total. The first kappa shape index (κ1) is 23.6. The highest BCUT2D eigenvalue weighted by atomic mass is 35.5. The summed E-state index contributed by atoms with van der Waals surface area (Å²) >= 11 is 18.6. The van der Waals surface area contributed by atoms with Gasteiger partial charge in [-0.2, -0.15) is 5.10 Å². The van der Waals surface area contributed by atoms with Crippen molar-refractivity contribution in [3.05, 3.63) is 68.8 Å². The third kappa shape index (κ3) is 5.05. The number of aromatic nitrogens is 2. The Balaban J connectivity index is 0.00000272. The number of carbonyl (C=O) groups excluding carboxylic acids is 1. The van der Waals surface area contributed by atoms with Crippen LogP contribution in [0.3, 0.4) is 0 Å². The van der Waals surface area contributed by atoms with Crippen molar-refractivity contribution in [3.8, 4) is 16.9 Å². The SMILES string of the molecule is Cc1c(C(=O)NN2CCCCC2)nn(-c2ccc(Cl)cc2Cl)c1-c1ccc(Cl)cc1.O. The zero-order chi connectivity index (χ0) is 21.3. The van der Waals surface area contributed by atoms with Crippen LogP contribution >= 0.6 is 34.8 Å². The summed E-state index contributed by atoms with van der Waals surface area (Å²) in [6, 6.07) is 12.6. The lowest BCUT2D eigenvalue weighted by molar-refractivity contribution is 0.0743. The molecule has 0 unspecified atom stereocenters. The maximum absolute atomic E-state index is 13.1. The molecule has 0 saturated carbocycles. The number of amides is 1. The average Bonchev–Trinajstić information content (AvgIpc) is 3.06. The Bertz CT molecular complexity index is 1080. The number of nitrogens with zero attached hydrogens (tertiary/aromatic N) is 3. The monoisotopic (exact) mass is 480 g/mol. The molecular weight excluding hydrogens is 459 g/mol. The largest absolute Gasteiger partial charge is 0.412 e. The van der Waals surface area contributed by atoms with Gasteiger partial charge in [0.2, 0.25) is 0 Å². The van der Waals surface area contributed by atoms with Crippen molar-refractivity contribution in [1.82, 2.24) is 20.2 Å². The maximum Gasteiger partial charge on any atom is 0.286 e. The Morgan fingerprint density at radius 1 is 0.968 bits per heavy atom. The third-order valence-corrected chi connectivity index (χ3v) is 6.00. The molecule has 4 rings (SSSR count). The van der Waals surface area contributed by atoms with Crippen molar-refractivity contribution in [3.63, 3.8) is 0 Å². The molecule has 164 valence electrons. The number of halogens is 3. The maximum atomic E-state index is 13.1. The Morgan fingerprint density at radius 2 is 1.61 bits per heavy atom. The van der Waals surface area contributed by atoms with Crippen molar-refractivity contribution in [2.24, 2.45) is 0 Å². The van der Waals surface area contributed by atoms with E-state index in [1.54, 1.807) is 22.9 Å². The van der Waals surface area contributed by atoms with E-state index < -0.39 is 0 Å². The number of hydrogen-bond donors (Lipinski definition) is 1. The number of piperidine rings is 1. The van der Waals surface area contributed by atoms with Gasteiger partial charge < -0.3 is 5.48 Å². The van der Waals surface area contributed by atoms with E-state index in [2.05, 4.69) is 10.5 Å². The van der Waals surface area contributed by atoms with Crippen LogP contribution in [0.5, 0.6) is 0 Å². The zero-order valence-corrected chi connectivity index (χ0v) is 19.2. The van der Waals surface area contributed by atoms with E-state index in [1.165, 1.54) is 6.42 Å². The Labute approximate surface area is 196 Å². The summed E-state index contributed by atoms with van der Waals surface area (Å²) in [5.41, 5.74) is 6.42.